The maximum Gasteiger partial charge on any atom is 0.354 e. The maximum absolute atomic E-state index is 11.0. The van der Waals surface area contributed by atoms with E-state index >= 15 is 0 Å². The molecule has 0 aromatic carbocycles. The molecule has 7 nitrogen and oxygen atoms in total. The van der Waals surface area contributed by atoms with Crippen LogP contribution >= 0.6 is 0 Å². The van der Waals surface area contributed by atoms with Gasteiger partial charge >= 0.3 is 11.9 Å². The van der Waals surface area contributed by atoms with Crippen LogP contribution in [-0.4, -0.2) is 31.7 Å². The second-order valence-corrected chi connectivity index (χ2v) is 3.40. The lowest BCUT2D eigenvalue weighted by atomic mass is 10.3. The average Bonchev–Trinajstić information content (AvgIpc) is 2.94. The molecule has 0 aliphatic carbocycles. The highest BCUT2D eigenvalue weighted by Gasteiger charge is 2.20. The number of nitrogens with one attached hydrogen (secondary N) is 1. The smallest absolute Gasteiger partial charge is 0.354 e. The fraction of sp³-hybridized carbons (Fsp3) is 0. The van der Waals surface area contributed by atoms with Gasteiger partial charge in [-0.05, 0) is 18.2 Å². The molecule has 0 unspecified atom stereocenters. The van der Waals surface area contributed by atoms with E-state index < -0.39 is 11.9 Å². The molecule has 0 aliphatic rings. The summed E-state index contributed by atoms with van der Waals surface area (Å²) >= 11 is 0. The third-order valence-corrected chi connectivity index (χ3v) is 2.39. The van der Waals surface area contributed by atoms with Crippen LogP contribution < -0.4 is 0 Å². The van der Waals surface area contributed by atoms with Gasteiger partial charge in [-0.15, -0.1) is 0 Å². The number of rotatable bonds is 3. The van der Waals surface area contributed by atoms with Gasteiger partial charge in [-0.1, -0.05) is 0 Å². The molecule has 2 aromatic rings. The molecule has 2 heterocycles. The predicted octanol–water partition coefficient (Wildman–Crippen LogP) is 1.07. The lowest BCUT2D eigenvalue weighted by molar-refractivity contribution is 0.0673. The summed E-state index contributed by atoms with van der Waals surface area (Å²) in [6.45, 7) is 0. The van der Waals surface area contributed by atoms with Crippen LogP contribution in [0.4, 0.5) is 0 Å². The van der Waals surface area contributed by atoms with Crippen molar-refractivity contribution >= 4 is 11.9 Å². The third kappa shape index (κ3) is 1.62. The highest BCUT2D eigenvalue weighted by atomic mass is 16.4. The number of aromatic nitrogens is 2. The van der Waals surface area contributed by atoms with Crippen LogP contribution in [0, 0.1) is 11.3 Å². The molecule has 0 spiro atoms. The molecular formula is C11H7N3O4. The molecule has 0 fully saturated rings. The van der Waals surface area contributed by atoms with Gasteiger partial charge in [0.2, 0.25) is 0 Å². The van der Waals surface area contributed by atoms with Crippen molar-refractivity contribution in [3.05, 3.63) is 41.5 Å². The van der Waals surface area contributed by atoms with Gasteiger partial charge in [-0.25, -0.2) is 9.59 Å². The molecule has 2 aromatic heterocycles. The fourth-order valence-electron chi connectivity index (χ4n) is 1.67. The number of aromatic amines is 1. The third-order valence-electron chi connectivity index (χ3n) is 2.39. The number of nitrogens with zero attached hydrogens (tertiary/aromatic N) is 2. The van der Waals surface area contributed by atoms with Crippen molar-refractivity contribution in [3.63, 3.8) is 0 Å². The Balaban J connectivity index is 2.74. The largest absolute Gasteiger partial charge is 0.477 e. The lowest BCUT2D eigenvalue weighted by Crippen LogP contribution is -2.11. The zero-order valence-electron chi connectivity index (χ0n) is 8.91. The molecule has 0 amide bonds. The van der Waals surface area contributed by atoms with Crippen molar-refractivity contribution in [2.24, 2.45) is 0 Å². The van der Waals surface area contributed by atoms with Crippen molar-refractivity contribution < 1.29 is 19.8 Å². The Morgan fingerprint density at radius 2 is 1.94 bits per heavy atom. The molecule has 0 atom stereocenters. The van der Waals surface area contributed by atoms with Gasteiger partial charge in [-0.3, -0.25) is 4.57 Å². The normalized spacial score (nSPS) is 9.94. The molecule has 3 N–H and O–H groups in total. The minimum Gasteiger partial charge on any atom is -0.477 e. The van der Waals surface area contributed by atoms with E-state index in [0.29, 0.717) is 0 Å². The summed E-state index contributed by atoms with van der Waals surface area (Å²) in [5, 5.41) is 26.9. The maximum atomic E-state index is 11.0. The minimum absolute atomic E-state index is 0.0505. The van der Waals surface area contributed by atoms with E-state index in [4.69, 9.17) is 15.5 Å². The quantitative estimate of drug-likeness (QED) is 0.747. The van der Waals surface area contributed by atoms with Crippen LogP contribution in [0.5, 0.6) is 0 Å². The van der Waals surface area contributed by atoms with Crippen LogP contribution in [0.15, 0.2) is 24.4 Å². The minimum atomic E-state index is -1.24. The van der Waals surface area contributed by atoms with E-state index in [-0.39, 0.29) is 22.8 Å². The molecule has 18 heavy (non-hydrogen) atoms. The monoisotopic (exact) mass is 245 g/mol. The van der Waals surface area contributed by atoms with Crippen LogP contribution in [0.25, 0.3) is 5.69 Å². The van der Waals surface area contributed by atoms with Crippen molar-refractivity contribution in [3.8, 4) is 11.8 Å². The SMILES string of the molecule is N#Cc1ccc(C(=O)O)n1-c1cc[nH]c1C(=O)O. The van der Waals surface area contributed by atoms with Gasteiger partial charge in [0.25, 0.3) is 0 Å². The summed E-state index contributed by atoms with van der Waals surface area (Å²) in [5.74, 6) is -2.47. The van der Waals surface area contributed by atoms with Gasteiger partial charge < -0.3 is 15.2 Å². The summed E-state index contributed by atoms with van der Waals surface area (Å²) in [6, 6.07) is 5.79. The number of aromatic carboxylic acids is 2. The molecule has 0 saturated carbocycles. The molecule has 0 aliphatic heterocycles. The molecule has 0 bridgehead atoms. The first-order valence-electron chi connectivity index (χ1n) is 4.82. The number of carbonyl (C=O) groups is 2. The van der Waals surface area contributed by atoms with E-state index in [1.807, 2.05) is 6.07 Å². The summed E-state index contributed by atoms with van der Waals surface area (Å²) in [6.07, 6.45) is 1.37. The Labute approximate surface area is 101 Å². The second kappa shape index (κ2) is 4.10. The highest BCUT2D eigenvalue weighted by molar-refractivity contribution is 5.92. The Bertz CT molecular complexity index is 675. The van der Waals surface area contributed by atoms with Crippen LogP contribution in [0.1, 0.15) is 26.7 Å². The number of nitriles is 1. The van der Waals surface area contributed by atoms with E-state index in [9.17, 15) is 9.59 Å². The lowest BCUT2D eigenvalue weighted by Gasteiger charge is -2.06. The van der Waals surface area contributed by atoms with E-state index in [1.54, 1.807) is 0 Å². The standard InChI is InChI=1S/C11H7N3O4/c12-5-6-1-2-8(10(15)16)14(6)7-3-4-13-9(7)11(17)18/h1-4,13H,(H,15,16)(H,17,18). The van der Waals surface area contributed by atoms with E-state index in [1.165, 1.54) is 24.4 Å². The molecular weight excluding hydrogens is 238 g/mol. The van der Waals surface area contributed by atoms with Crippen LogP contribution in [0.2, 0.25) is 0 Å². The van der Waals surface area contributed by atoms with Gasteiger partial charge in [0, 0.05) is 6.20 Å². The van der Waals surface area contributed by atoms with Crippen LogP contribution in [0.3, 0.4) is 0 Å². The molecule has 2 rings (SSSR count). The fourth-order valence-corrected chi connectivity index (χ4v) is 1.67. The Morgan fingerprint density at radius 1 is 1.22 bits per heavy atom. The Hall–Kier alpha value is -3.01. The zero-order chi connectivity index (χ0) is 13.3. The first-order chi connectivity index (χ1) is 8.56. The zero-order valence-corrected chi connectivity index (χ0v) is 8.91. The molecule has 90 valence electrons. The second-order valence-electron chi connectivity index (χ2n) is 3.40. The summed E-state index contributed by atoms with van der Waals surface area (Å²) in [5.41, 5.74) is -0.185. The van der Waals surface area contributed by atoms with Gasteiger partial charge in [0.15, 0.2) is 0 Å². The number of carboxylic acid groups (broad SMARTS) is 2. The summed E-state index contributed by atoms with van der Waals surface area (Å²) < 4.78 is 1.09. The van der Waals surface area contributed by atoms with Crippen molar-refractivity contribution in [1.29, 1.82) is 5.26 Å². The summed E-state index contributed by atoms with van der Waals surface area (Å²) in [4.78, 5) is 24.5. The van der Waals surface area contributed by atoms with Crippen molar-refractivity contribution in [2.45, 2.75) is 0 Å². The van der Waals surface area contributed by atoms with Crippen molar-refractivity contribution in [1.82, 2.24) is 9.55 Å². The number of hydrogen-bond donors (Lipinski definition) is 3. The van der Waals surface area contributed by atoms with E-state index in [2.05, 4.69) is 4.98 Å². The Morgan fingerprint density at radius 3 is 2.50 bits per heavy atom. The average molecular weight is 245 g/mol. The molecule has 0 radical (unpaired) electrons. The van der Waals surface area contributed by atoms with Crippen LogP contribution in [-0.2, 0) is 0 Å². The highest BCUT2D eigenvalue weighted by Crippen LogP contribution is 2.20. The first kappa shape index (κ1) is 11.5. The van der Waals surface area contributed by atoms with Gasteiger partial charge in [0.1, 0.15) is 23.2 Å². The van der Waals surface area contributed by atoms with Gasteiger partial charge in [0.05, 0.1) is 5.69 Å². The van der Waals surface area contributed by atoms with Gasteiger partial charge in [-0.2, -0.15) is 5.26 Å². The summed E-state index contributed by atoms with van der Waals surface area (Å²) in [7, 11) is 0. The van der Waals surface area contributed by atoms with E-state index in [0.717, 1.165) is 4.57 Å². The Kier molecular flexibility index (Phi) is 2.61. The molecule has 0 saturated heterocycles. The number of carboxylic acids is 2. The topological polar surface area (TPSA) is 119 Å². The van der Waals surface area contributed by atoms with Crippen molar-refractivity contribution in [2.75, 3.05) is 0 Å². The first-order valence-corrected chi connectivity index (χ1v) is 4.82. The molecule has 7 heteroatoms. The number of hydrogen-bond acceptors (Lipinski definition) is 3. The predicted molar refractivity (Wildman–Crippen MR) is 58.8 cm³/mol. The number of H-pyrrole nitrogens is 1.